The van der Waals surface area contributed by atoms with Crippen LogP contribution >= 0.6 is 15.9 Å². The average molecular weight is 362 g/mol. The third kappa shape index (κ3) is 4.56. The first-order chi connectivity index (χ1) is 10.6. The monoisotopic (exact) mass is 361 g/mol. The molecule has 0 bridgehead atoms. The van der Waals surface area contributed by atoms with Gasteiger partial charge in [0.25, 0.3) is 5.91 Å². The Labute approximate surface area is 139 Å². The second-order valence-corrected chi connectivity index (χ2v) is 6.09. The number of pyridine rings is 1. The molecule has 1 heterocycles. The lowest BCUT2D eigenvalue weighted by Crippen LogP contribution is -2.27. The Hall–Kier alpha value is -1.88. The van der Waals surface area contributed by atoms with E-state index in [1.165, 1.54) is 0 Å². The molecule has 1 N–H and O–H groups in total. The Morgan fingerprint density at radius 2 is 2.09 bits per heavy atom. The van der Waals surface area contributed by atoms with E-state index < -0.39 is 0 Å². The summed E-state index contributed by atoms with van der Waals surface area (Å²) in [5.74, 6) is -0.00107. The predicted molar refractivity (Wildman–Crippen MR) is 93.5 cm³/mol. The van der Waals surface area contributed by atoms with Gasteiger partial charge in [-0.25, -0.2) is 0 Å². The molecule has 0 fully saturated rings. The van der Waals surface area contributed by atoms with Gasteiger partial charge in [-0.05, 0) is 30.7 Å². The van der Waals surface area contributed by atoms with Crippen molar-refractivity contribution in [3.8, 4) is 0 Å². The van der Waals surface area contributed by atoms with Crippen molar-refractivity contribution in [1.29, 1.82) is 0 Å². The van der Waals surface area contributed by atoms with Gasteiger partial charge >= 0.3 is 0 Å². The van der Waals surface area contributed by atoms with Gasteiger partial charge in [-0.1, -0.05) is 35.3 Å². The number of rotatable bonds is 6. The van der Waals surface area contributed by atoms with Crippen LogP contribution in [0.15, 0.2) is 47.2 Å². The van der Waals surface area contributed by atoms with Gasteiger partial charge in [0.05, 0.1) is 17.4 Å². The number of unbranched alkanes of at least 4 members (excludes halogenated alkanes) is 1. The summed E-state index contributed by atoms with van der Waals surface area (Å²) in [6.45, 7) is 2.88. The van der Waals surface area contributed by atoms with Crippen LogP contribution in [-0.2, 0) is 0 Å². The van der Waals surface area contributed by atoms with Crippen molar-refractivity contribution in [1.82, 2.24) is 9.88 Å². The second kappa shape index (κ2) is 7.94. The lowest BCUT2D eigenvalue weighted by molar-refractivity contribution is 0.0793. The molecule has 1 amide bonds. The molecule has 0 saturated carbocycles. The van der Waals surface area contributed by atoms with Gasteiger partial charge in [0.1, 0.15) is 0 Å². The first-order valence-electron chi connectivity index (χ1n) is 7.33. The van der Waals surface area contributed by atoms with Gasteiger partial charge in [-0.3, -0.25) is 9.78 Å². The van der Waals surface area contributed by atoms with E-state index in [0.717, 1.165) is 35.2 Å². The van der Waals surface area contributed by atoms with Gasteiger partial charge in [0.2, 0.25) is 0 Å². The Kier molecular flexibility index (Phi) is 5.95. The molecule has 22 heavy (non-hydrogen) atoms. The quantitative estimate of drug-likeness (QED) is 0.825. The van der Waals surface area contributed by atoms with Crippen LogP contribution in [0.2, 0.25) is 0 Å². The largest absolute Gasteiger partial charge is 0.354 e. The molecule has 0 spiro atoms. The van der Waals surface area contributed by atoms with Crippen molar-refractivity contribution in [2.24, 2.45) is 0 Å². The number of nitrogens with zero attached hydrogens (tertiary/aromatic N) is 2. The number of aromatic nitrogens is 1. The number of amides is 1. The fourth-order valence-electron chi connectivity index (χ4n) is 2.08. The summed E-state index contributed by atoms with van der Waals surface area (Å²) in [7, 11) is 1.83. The number of hydrogen-bond acceptors (Lipinski definition) is 3. The van der Waals surface area contributed by atoms with Gasteiger partial charge < -0.3 is 10.2 Å². The fraction of sp³-hybridized carbons (Fsp3) is 0.294. The van der Waals surface area contributed by atoms with E-state index >= 15 is 0 Å². The maximum atomic E-state index is 12.4. The molecule has 0 unspecified atom stereocenters. The third-order valence-corrected chi connectivity index (χ3v) is 3.79. The Morgan fingerprint density at radius 1 is 1.27 bits per heavy atom. The van der Waals surface area contributed by atoms with Crippen LogP contribution in [0.5, 0.6) is 0 Å². The van der Waals surface area contributed by atoms with Gasteiger partial charge in [-0.15, -0.1) is 0 Å². The van der Waals surface area contributed by atoms with E-state index in [2.05, 4.69) is 33.2 Å². The molecule has 1 aromatic carbocycles. The molecule has 0 saturated heterocycles. The molecule has 0 aliphatic rings. The van der Waals surface area contributed by atoms with Crippen LogP contribution in [0.3, 0.4) is 0 Å². The van der Waals surface area contributed by atoms with Crippen LogP contribution in [0.25, 0.3) is 0 Å². The zero-order chi connectivity index (χ0) is 15.9. The highest BCUT2D eigenvalue weighted by atomic mass is 79.9. The molecule has 116 valence electrons. The lowest BCUT2D eigenvalue weighted by atomic mass is 10.2. The number of carbonyl (C=O) groups excluding carboxylic acids is 1. The molecule has 0 atom stereocenters. The van der Waals surface area contributed by atoms with E-state index in [1.807, 2.05) is 37.4 Å². The Balaban J connectivity index is 2.11. The normalized spacial score (nSPS) is 10.3. The SMILES string of the molecule is CCCCN(C)C(=O)c1cncc(Nc2cccc(Br)c2)c1. The maximum Gasteiger partial charge on any atom is 0.255 e. The van der Waals surface area contributed by atoms with Crippen LogP contribution < -0.4 is 5.32 Å². The first kappa shape index (κ1) is 16.5. The van der Waals surface area contributed by atoms with E-state index in [1.54, 1.807) is 17.3 Å². The maximum absolute atomic E-state index is 12.4. The van der Waals surface area contributed by atoms with Crippen molar-refractivity contribution >= 4 is 33.2 Å². The molecule has 2 aromatic rings. The zero-order valence-corrected chi connectivity index (χ0v) is 14.4. The summed E-state index contributed by atoms with van der Waals surface area (Å²) in [5.41, 5.74) is 2.34. The predicted octanol–water partition coefficient (Wildman–Crippen LogP) is 4.46. The van der Waals surface area contributed by atoms with Gasteiger partial charge in [0, 0.05) is 29.9 Å². The molecular weight excluding hydrogens is 342 g/mol. The van der Waals surface area contributed by atoms with Crippen LogP contribution in [0, 0.1) is 0 Å². The molecule has 2 rings (SSSR count). The standard InChI is InChI=1S/C17H20BrN3O/c1-3-4-8-21(2)17(22)13-9-16(12-19-11-13)20-15-7-5-6-14(18)10-15/h5-7,9-12,20H,3-4,8H2,1-2H3. The van der Waals surface area contributed by atoms with E-state index in [9.17, 15) is 4.79 Å². The zero-order valence-electron chi connectivity index (χ0n) is 12.8. The summed E-state index contributed by atoms with van der Waals surface area (Å²) in [6.07, 6.45) is 5.40. The fourth-order valence-corrected chi connectivity index (χ4v) is 2.47. The summed E-state index contributed by atoms with van der Waals surface area (Å²) in [5, 5.41) is 3.26. The second-order valence-electron chi connectivity index (χ2n) is 5.18. The molecule has 0 radical (unpaired) electrons. The summed E-state index contributed by atoms with van der Waals surface area (Å²) >= 11 is 3.44. The molecule has 0 aliphatic carbocycles. The lowest BCUT2D eigenvalue weighted by Gasteiger charge is -2.17. The number of anilines is 2. The highest BCUT2D eigenvalue weighted by molar-refractivity contribution is 9.10. The molecular formula is C17H20BrN3O. The Bertz CT molecular complexity index is 645. The van der Waals surface area contributed by atoms with E-state index in [0.29, 0.717) is 5.56 Å². The van der Waals surface area contributed by atoms with Crippen LogP contribution in [0.4, 0.5) is 11.4 Å². The number of hydrogen-bond donors (Lipinski definition) is 1. The number of carbonyl (C=O) groups is 1. The Morgan fingerprint density at radius 3 is 2.82 bits per heavy atom. The molecule has 5 heteroatoms. The highest BCUT2D eigenvalue weighted by Gasteiger charge is 2.12. The molecule has 4 nitrogen and oxygen atoms in total. The minimum Gasteiger partial charge on any atom is -0.354 e. The highest BCUT2D eigenvalue weighted by Crippen LogP contribution is 2.20. The summed E-state index contributed by atoms with van der Waals surface area (Å²) in [6, 6.07) is 9.69. The van der Waals surface area contributed by atoms with Crippen molar-refractivity contribution in [2.75, 3.05) is 18.9 Å². The van der Waals surface area contributed by atoms with E-state index in [-0.39, 0.29) is 5.91 Å². The van der Waals surface area contributed by atoms with Crippen LogP contribution in [-0.4, -0.2) is 29.4 Å². The number of nitrogens with one attached hydrogen (secondary N) is 1. The number of halogens is 1. The van der Waals surface area contributed by atoms with Crippen molar-refractivity contribution in [3.05, 3.63) is 52.8 Å². The minimum absolute atomic E-state index is 0.00107. The van der Waals surface area contributed by atoms with Crippen molar-refractivity contribution in [3.63, 3.8) is 0 Å². The summed E-state index contributed by atoms with van der Waals surface area (Å²) in [4.78, 5) is 18.3. The van der Waals surface area contributed by atoms with Gasteiger partial charge in [0.15, 0.2) is 0 Å². The van der Waals surface area contributed by atoms with Crippen molar-refractivity contribution < 1.29 is 4.79 Å². The minimum atomic E-state index is -0.00107. The third-order valence-electron chi connectivity index (χ3n) is 3.29. The van der Waals surface area contributed by atoms with Crippen molar-refractivity contribution in [2.45, 2.75) is 19.8 Å². The summed E-state index contributed by atoms with van der Waals surface area (Å²) < 4.78 is 0.997. The number of benzene rings is 1. The smallest absolute Gasteiger partial charge is 0.255 e. The topological polar surface area (TPSA) is 45.2 Å². The van der Waals surface area contributed by atoms with E-state index in [4.69, 9.17) is 0 Å². The van der Waals surface area contributed by atoms with Gasteiger partial charge in [-0.2, -0.15) is 0 Å². The molecule has 1 aromatic heterocycles. The first-order valence-corrected chi connectivity index (χ1v) is 8.12. The average Bonchev–Trinajstić information content (AvgIpc) is 2.52. The molecule has 0 aliphatic heterocycles. The van der Waals surface area contributed by atoms with Crippen LogP contribution in [0.1, 0.15) is 30.1 Å².